The minimum Gasteiger partial charge on any atom is -0.488 e. The van der Waals surface area contributed by atoms with Crippen molar-refractivity contribution in [3.8, 4) is 5.75 Å². The third-order valence-corrected chi connectivity index (χ3v) is 7.20. The molecule has 1 saturated heterocycles. The summed E-state index contributed by atoms with van der Waals surface area (Å²) in [7, 11) is -1.95. The summed E-state index contributed by atoms with van der Waals surface area (Å²) in [5.74, 6) is 0.746. The lowest BCUT2D eigenvalue weighted by Gasteiger charge is -2.21. The van der Waals surface area contributed by atoms with Crippen molar-refractivity contribution in [1.29, 1.82) is 0 Å². The average Bonchev–Trinajstić information content (AvgIpc) is 3.21. The Morgan fingerprint density at radius 2 is 1.90 bits per heavy atom. The van der Waals surface area contributed by atoms with Crippen molar-refractivity contribution in [2.45, 2.75) is 43.9 Å². The molecule has 0 bridgehead atoms. The quantitative estimate of drug-likeness (QED) is 0.726. The molecule has 1 aromatic heterocycles. The van der Waals surface area contributed by atoms with Crippen molar-refractivity contribution in [2.75, 3.05) is 20.1 Å². The summed E-state index contributed by atoms with van der Waals surface area (Å²) in [6, 6.07) is 9.90. The van der Waals surface area contributed by atoms with Crippen LogP contribution in [0.2, 0.25) is 0 Å². The molecule has 2 aromatic rings. The van der Waals surface area contributed by atoms with Crippen molar-refractivity contribution >= 4 is 16.1 Å². The summed E-state index contributed by atoms with van der Waals surface area (Å²) in [6.45, 7) is 5.12. The number of aromatic nitrogens is 1. The van der Waals surface area contributed by atoms with Crippen LogP contribution in [0, 0.1) is 0 Å². The number of sulfonamides is 1. The van der Waals surface area contributed by atoms with Gasteiger partial charge in [0, 0.05) is 45.0 Å². The van der Waals surface area contributed by atoms with Crippen LogP contribution in [0.15, 0.2) is 53.7 Å². The Hall–Kier alpha value is -2.65. The number of urea groups is 1. The third kappa shape index (κ3) is 5.28. The van der Waals surface area contributed by atoms with Crippen LogP contribution in [0.25, 0.3) is 0 Å². The summed E-state index contributed by atoms with van der Waals surface area (Å²) >= 11 is 0. The number of hydrogen-bond acceptors (Lipinski definition) is 5. The zero-order valence-corrected chi connectivity index (χ0v) is 18.3. The van der Waals surface area contributed by atoms with E-state index in [4.69, 9.17) is 4.74 Å². The van der Waals surface area contributed by atoms with Gasteiger partial charge >= 0.3 is 6.03 Å². The molecule has 9 heteroatoms. The molecule has 1 aliphatic heterocycles. The summed E-state index contributed by atoms with van der Waals surface area (Å²) < 4.78 is 32.3. The van der Waals surface area contributed by atoms with E-state index in [2.05, 4.69) is 10.3 Å². The van der Waals surface area contributed by atoms with Crippen molar-refractivity contribution in [2.24, 2.45) is 0 Å². The van der Waals surface area contributed by atoms with Gasteiger partial charge in [-0.1, -0.05) is 12.1 Å². The zero-order valence-electron chi connectivity index (χ0n) is 17.5. The molecule has 1 atom stereocenters. The predicted octanol–water partition coefficient (Wildman–Crippen LogP) is 2.47. The van der Waals surface area contributed by atoms with Gasteiger partial charge in [-0.2, -0.15) is 4.31 Å². The minimum absolute atomic E-state index is 0.0411. The number of ether oxygens (including phenoxy) is 1. The van der Waals surface area contributed by atoms with E-state index in [0.29, 0.717) is 19.6 Å². The zero-order chi connectivity index (χ0) is 21.7. The lowest BCUT2D eigenvalue weighted by atomic mass is 10.2. The van der Waals surface area contributed by atoms with Gasteiger partial charge in [-0.15, -0.1) is 0 Å². The predicted molar refractivity (Wildman–Crippen MR) is 114 cm³/mol. The van der Waals surface area contributed by atoms with Gasteiger partial charge < -0.3 is 15.0 Å². The second-order valence-electron chi connectivity index (χ2n) is 7.58. The highest BCUT2D eigenvalue weighted by atomic mass is 32.2. The fourth-order valence-electron chi connectivity index (χ4n) is 3.13. The number of carbonyl (C=O) groups excluding carboxylic acids is 1. The second kappa shape index (κ2) is 9.44. The molecule has 0 aliphatic carbocycles. The molecule has 30 heavy (non-hydrogen) atoms. The highest BCUT2D eigenvalue weighted by Crippen LogP contribution is 2.19. The Balaban J connectivity index is 1.50. The largest absolute Gasteiger partial charge is 0.488 e. The summed E-state index contributed by atoms with van der Waals surface area (Å²) in [6.07, 6.45) is 4.07. The maximum absolute atomic E-state index is 12.5. The van der Waals surface area contributed by atoms with Crippen LogP contribution >= 0.6 is 0 Å². The van der Waals surface area contributed by atoms with E-state index in [0.717, 1.165) is 17.7 Å². The molecular formula is C21H28N4O4S. The first-order valence-electron chi connectivity index (χ1n) is 9.94. The van der Waals surface area contributed by atoms with Gasteiger partial charge in [0.05, 0.1) is 11.4 Å². The van der Waals surface area contributed by atoms with Crippen LogP contribution in [0.4, 0.5) is 4.79 Å². The number of nitrogens with one attached hydrogen (secondary N) is 1. The van der Waals surface area contributed by atoms with Crippen LogP contribution in [0.5, 0.6) is 5.75 Å². The molecular weight excluding hydrogens is 404 g/mol. The van der Waals surface area contributed by atoms with Crippen molar-refractivity contribution < 1.29 is 17.9 Å². The Morgan fingerprint density at radius 3 is 2.53 bits per heavy atom. The number of benzene rings is 1. The number of carbonyl (C=O) groups is 1. The molecule has 0 radical (unpaired) electrons. The number of hydrogen-bond donors (Lipinski definition) is 1. The molecule has 162 valence electrons. The van der Waals surface area contributed by atoms with E-state index >= 15 is 0 Å². The normalized spacial score (nSPS) is 16.8. The van der Waals surface area contributed by atoms with Crippen molar-refractivity contribution in [3.05, 3.63) is 54.4 Å². The van der Waals surface area contributed by atoms with E-state index in [-0.39, 0.29) is 23.1 Å². The Labute approximate surface area is 177 Å². The molecule has 0 spiro atoms. The first-order valence-corrected chi connectivity index (χ1v) is 11.4. The van der Waals surface area contributed by atoms with Gasteiger partial charge in [0.15, 0.2) is 0 Å². The first-order chi connectivity index (χ1) is 14.3. The fraction of sp³-hybridized carbons (Fsp3) is 0.429. The van der Waals surface area contributed by atoms with Crippen LogP contribution < -0.4 is 10.1 Å². The van der Waals surface area contributed by atoms with E-state index in [1.54, 1.807) is 60.7 Å². The molecule has 3 rings (SSSR count). The molecule has 8 nitrogen and oxygen atoms in total. The molecule has 1 aliphatic rings. The Kier molecular flexibility index (Phi) is 6.94. The number of amides is 2. The van der Waals surface area contributed by atoms with Crippen LogP contribution in [0.1, 0.15) is 25.8 Å². The highest BCUT2D eigenvalue weighted by Gasteiger charge is 2.27. The molecule has 2 heterocycles. The van der Waals surface area contributed by atoms with Crippen LogP contribution in [-0.2, 0) is 16.6 Å². The SMILES string of the molecule is CC(C)N(C)S(=O)(=O)c1ccc(CNC(=O)N2CC[C@@H](Oc3ccncc3)C2)cc1. The molecule has 0 unspecified atom stereocenters. The number of nitrogens with zero attached hydrogens (tertiary/aromatic N) is 3. The Morgan fingerprint density at radius 1 is 1.23 bits per heavy atom. The van der Waals surface area contributed by atoms with Crippen LogP contribution in [0.3, 0.4) is 0 Å². The number of rotatable bonds is 7. The topological polar surface area (TPSA) is 91.8 Å². The first kappa shape index (κ1) is 22.0. The standard InChI is InChI=1S/C21H28N4O4S/c1-16(2)24(3)30(27,28)20-6-4-17(5-7-20)14-23-21(26)25-13-10-19(15-25)29-18-8-11-22-12-9-18/h4-9,11-12,16,19H,10,13-15H2,1-3H3,(H,23,26)/t19-/m1/s1. The molecule has 1 aromatic carbocycles. The van der Waals surface area contributed by atoms with E-state index in [1.165, 1.54) is 4.31 Å². The molecule has 1 N–H and O–H groups in total. The van der Waals surface area contributed by atoms with Gasteiger partial charge in [-0.25, -0.2) is 13.2 Å². The Bertz CT molecular complexity index is 949. The van der Waals surface area contributed by atoms with Gasteiger partial charge in [-0.3, -0.25) is 4.98 Å². The molecule has 0 saturated carbocycles. The van der Waals surface area contributed by atoms with Crippen molar-refractivity contribution in [1.82, 2.24) is 19.5 Å². The van der Waals surface area contributed by atoms with Gasteiger partial charge in [-0.05, 0) is 43.7 Å². The van der Waals surface area contributed by atoms with E-state index in [1.807, 2.05) is 13.8 Å². The minimum atomic E-state index is -3.51. The fourth-order valence-corrected chi connectivity index (χ4v) is 4.50. The third-order valence-electron chi connectivity index (χ3n) is 5.16. The lowest BCUT2D eigenvalue weighted by Crippen LogP contribution is -2.39. The highest BCUT2D eigenvalue weighted by molar-refractivity contribution is 7.89. The smallest absolute Gasteiger partial charge is 0.317 e. The summed E-state index contributed by atoms with van der Waals surface area (Å²) in [4.78, 5) is 18.4. The van der Waals surface area contributed by atoms with Gasteiger partial charge in [0.25, 0.3) is 0 Å². The lowest BCUT2D eigenvalue weighted by molar-refractivity contribution is 0.186. The van der Waals surface area contributed by atoms with Gasteiger partial charge in [0.1, 0.15) is 11.9 Å². The number of likely N-dealkylation sites (tertiary alicyclic amines) is 1. The summed E-state index contributed by atoms with van der Waals surface area (Å²) in [5.41, 5.74) is 0.832. The van der Waals surface area contributed by atoms with E-state index in [9.17, 15) is 13.2 Å². The summed E-state index contributed by atoms with van der Waals surface area (Å²) in [5, 5.41) is 2.89. The average molecular weight is 433 g/mol. The van der Waals surface area contributed by atoms with Crippen LogP contribution in [-0.4, -0.2) is 60.9 Å². The molecule has 1 fully saturated rings. The molecule has 2 amide bonds. The van der Waals surface area contributed by atoms with Gasteiger partial charge in [0.2, 0.25) is 10.0 Å². The van der Waals surface area contributed by atoms with Crippen molar-refractivity contribution in [3.63, 3.8) is 0 Å². The maximum Gasteiger partial charge on any atom is 0.317 e. The monoisotopic (exact) mass is 432 g/mol. The maximum atomic E-state index is 12.5. The second-order valence-corrected chi connectivity index (χ2v) is 9.57. The number of pyridine rings is 1. The van der Waals surface area contributed by atoms with E-state index < -0.39 is 10.0 Å².